The molecule has 9 heteroatoms. The third kappa shape index (κ3) is 5.10. The number of nitrogens with one attached hydrogen (secondary N) is 2. The second-order valence-corrected chi connectivity index (χ2v) is 8.68. The van der Waals surface area contributed by atoms with Gasteiger partial charge in [-0.1, -0.05) is 18.0 Å². The van der Waals surface area contributed by atoms with Crippen LogP contribution < -0.4 is 10.6 Å². The maximum Gasteiger partial charge on any atom is 0.243 e. The number of sulfonamides is 1. The minimum Gasteiger partial charge on any atom is -0.468 e. The molecule has 146 valence electrons. The van der Waals surface area contributed by atoms with Crippen molar-refractivity contribution >= 4 is 33.2 Å². The van der Waals surface area contributed by atoms with E-state index < -0.39 is 10.0 Å². The Balaban J connectivity index is 1.65. The molecule has 1 aliphatic rings. The molecule has 1 fully saturated rings. The number of anilines is 1. The molecule has 3 rings (SSSR count). The number of benzene rings is 1. The molecule has 7 nitrogen and oxygen atoms in total. The van der Waals surface area contributed by atoms with Gasteiger partial charge in [-0.3, -0.25) is 4.79 Å². The van der Waals surface area contributed by atoms with Crippen molar-refractivity contribution in [3.05, 3.63) is 47.4 Å². The first-order valence-corrected chi connectivity index (χ1v) is 10.6. The molecule has 1 aliphatic heterocycles. The normalized spacial score (nSPS) is 15.6. The average molecular weight is 412 g/mol. The summed E-state index contributed by atoms with van der Waals surface area (Å²) in [6.45, 7) is 1.49. The van der Waals surface area contributed by atoms with E-state index in [0.717, 1.165) is 25.0 Å². The van der Waals surface area contributed by atoms with Crippen molar-refractivity contribution in [2.75, 3.05) is 25.0 Å². The summed E-state index contributed by atoms with van der Waals surface area (Å²) in [6, 6.07) is 7.94. The Morgan fingerprint density at radius 3 is 2.67 bits per heavy atom. The average Bonchev–Trinajstić information content (AvgIpc) is 3.17. The molecule has 0 aliphatic carbocycles. The van der Waals surface area contributed by atoms with Crippen molar-refractivity contribution in [1.29, 1.82) is 0 Å². The molecule has 0 bridgehead atoms. The zero-order chi connectivity index (χ0) is 19.3. The molecule has 0 saturated carbocycles. The standard InChI is InChI=1S/C18H22ClN3O4S/c19-16-7-6-15(27(24,25)22-8-2-1-3-9-22)11-17(16)21-18(23)13-20-12-14-5-4-10-26-14/h4-7,10-11,20H,1-3,8-9,12-13H2,(H,21,23). The topological polar surface area (TPSA) is 91.6 Å². The molecule has 2 N–H and O–H groups in total. The van der Waals surface area contributed by atoms with Crippen LogP contribution in [0.25, 0.3) is 0 Å². The monoisotopic (exact) mass is 411 g/mol. The van der Waals surface area contributed by atoms with E-state index in [1.165, 1.54) is 22.5 Å². The number of piperidine rings is 1. The van der Waals surface area contributed by atoms with Crippen LogP contribution in [0.1, 0.15) is 25.0 Å². The van der Waals surface area contributed by atoms with E-state index >= 15 is 0 Å². The summed E-state index contributed by atoms with van der Waals surface area (Å²) in [4.78, 5) is 12.3. The molecule has 0 radical (unpaired) electrons. The van der Waals surface area contributed by atoms with Crippen LogP contribution in [0.4, 0.5) is 5.69 Å². The van der Waals surface area contributed by atoms with Gasteiger partial charge in [0.05, 0.1) is 35.0 Å². The number of hydrogen-bond donors (Lipinski definition) is 2. The number of halogens is 1. The molecule has 1 amide bonds. The Labute approximate surface area is 163 Å². The Morgan fingerprint density at radius 1 is 1.19 bits per heavy atom. The number of rotatable bonds is 7. The van der Waals surface area contributed by atoms with Gasteiger partial charge in [0.2, 0.25) is 15.9 Å². The summed E-state index contributed by atoms with van der Waals surface area (Å²) < 4.78 is 32.2. The van der Waals surface area contributed by atoms with E-state index in [1.807, 2.05) is 0 Å². The van der Waals surface area contributed by atoms with Crippen LogP contribution in [0.3, 0.4) is 0 Å². The smallest absolute Gasteiger partial charge is 0.243 e. The SMILES string of the molecule is O=C(CNCc1ccco1)Nc1cc(S(=O)(=O)N2CCCCC2)ccc1Cl. The molecular formula is C18H22ClN3O4S. The maximum atomic E-state index is 12.8. The molecule has 1 aromatic carbocycles. The molecule has 0 unspecified atom stereocenters. The van der Waals surface area contributed by atoms with Crippen molar-refractivity contribution in [2.45, 2.75) is 30.7 Å². The lowest BCUT2D eigenvalue weighted by atomic mass is 10.2. The van der Waals surface area contributed by atoms with Crippen LogP contribution >= 0.6 is 11.6 Å². The molecule has 1 saturated heterocycles. The van der Waals surface area contributed by atoms with Crippen molar-refractivity contribution in [3.63, 3.8) is 0 Å². The molecule has 0 atom stereocenters. The highest BCUT2D eigenvalue weighted by Crippen LogP contribution is 2.28. The van der Waals surface area contributed by atoms with Gasteiger partial charge in [0.1, 0.15) is 5.76 Å². The van der Waals surface area contributed by atoms with Gasteiger partial charge in [-0.25, -0.2) is 8.42 Å². The van der Waals surface area contributed by atoms with Gasteiger partial charge in [0, 0.05) is 13.1 Å². The van der Waals surface area contributed by atoms with Gasteiger partial charge < -0.3 is 15.1 Å². The van der Waals surface area contributed by atoms with Crippen LogP contribution in [0, 0.1) is 0 Å². The van der Waals surface area contributed by atoms with Crippen LogP contribution in [-0.2, 0) is 21.4 Å². The fourth-order valence-corrected chi connectivity index (χ4v) is 4.63. The lowest BCUT2D eigenvalue weighted by Crippen LogP contribution is -2.35. The van der Waals surface area contributed by atoms with Gasteiger partial charge in [0.15, 0.2) is 0 Å². The predicted molar refractivity (Wildman–Crippen MR) is 103 cm³/mol. The van der Waals surface area contributed by atoms with E-state index in [-0.39, 0.29) is 28.1 Å². The van der Waals surface area contributed by atoms with E-state index in [1.54, 1.807) is 18.4 Å². The van der Waals surface area contributed by atoms with E-state index in [2.05, 4.69) is 10.6 Å². The summed E-state index contributed by atoms with van der Waals surface area (Å²) in [5.41, 5.74) is 0.277. The Morgan fingerprint density at radius 2 is 1.96 bits per heavy atom. The zero-order valence-corrected chi connectivity index (χ0v) is 16.4. The Bertz CT molecular complexity index is 878. The van der Waals surface area contributed by atoms with Gasteiger partial charge in [-0.15, -0.1) is 0 Å². The fraction of sp³-hybridized carbons (Fsp3) is 0.389. The highest BCUT2D eigenvalue weighted by atomic mass is 35.5. The first-order valence-electron chi connectivity index (χ1n) is 8.79. The molecule has 2 heterocycles. The van der Waals surface area contributed by atoms with E-state index in [4.69, 9.17) is 16.0 Å². The van der Waals surface area contributed by atoms with E-state index in [0.29, 0.717) is 19.6 Å². The molecular weight excluding hydrogens is 390 g/mol. The molecule has 0 spiro atoms. The van der Waals surface area contributed by atoms with E-state index in [9.17, 15) is 13.2 Å². The van der Waals surface area contributed by atoms with Gasteiger partial charge in [-0.05, 0) is 43.2 Å². The van der Waals surface area contributed by atoms with Crippen molar-refractivity contribution in [1.82, 2.24) is 9.62 Å². The van der Waals surface area contributed by atoms with Crippen LogP contribution in [0.2, 0.25) is 5.02 Å². The first kappa shape index (κ1) is 19.9. The molecule has 1 aromatic heterocycles. The number of carbonyl (C=O) groups is 1. The zero-order valence-electron chi connectivity index (χ0n) is 14.8. The predicted octanol–water partition coefficient (Wildman–Crippen LogP) is 2.84. The maximum absolute atomic E-state index is 12.8. The minimum atomic E-state index is -3.59. The van der Waals surface area contributed by atoms with Gasteiger partial charge in [0.25, 0.3) is 0 Å². The summed E-state index contributed by atoms with van der Waals surface area (Å²) in [5.74, 6) is 0.395. The molecule has 27 heavy (non-hydrogen) atoms. The highest BCUT2D eigenvalue weighted by molar-refractivity contribution is 7.89. The van der Waals surface area contributed by atoms with Crippen LogP contribution in [0.5, 0.6) is 0 Å². The van der Waals surface area contributed by atoms with Crippen molar-refractivity contribution < 1.29 is 17.6 Å². The third-order valence-corrected chi connectivity index (χ3v) is 6.55. The third-order valence-electron chi connectivity index (χ3n) is 4.33. The summed E-state index contributed by atoms with van der Waals surface area (Å²) in [5, 5.41) is 5.89. The lowest BCUT2D eigenvalue weighted by Gasteiger charge is -2.26. The Hall–Kier alpha value is -1.87. The summed E-state index contributed by atoms with van der Waals surface area (Å²) in [6.07, 6.45) is 4.32. The van der Waals surface area contributed by atoms with Crippen molar-refractivity contribution in [2.24, 2.45) is 0 Å². The highest BCUT2D eigenvalue weighted by Gasteiger charge is 2.26. The lowest BCUT2D eigenvalue weighted by molar-refractivity contribution is -0.115. The minimum absolute atomic E-state index is 0.0418. The van der Waals surface area contributed by atoms with Crippen LogP contribution in [0.15, 0.2) is 45.9 Å². The number of amides is 1. The first-order chi connectivity index (χ1) is 13.0. The number of nitrogens with zero attached hydrogens (tertiary/aromatic N) is 1. The number of furan rings is 1. The van der Waals surface area contributed by atoms with Crippen LogP contribution in [-0.4, -0.2) is 38.3 Å². The number of carbonyl (C=O) groups excluding carboxylic acids is 1. The van der Waals surface area contributed by atoms with Crippen molar-refractivity contribution in [3.8, 4) is 0 Å². The second kappa shape index (κ2) is 8.88. The molecule has 2 aromatic rings. The summed E-state index contributed by atoms with van der Waals surface area (Å²) in [7, 11) is -3.59. The number of hydrogen-bond acceptors (Lipinski definition) is 5. The Kier molecular flexibility index (Phi) is 6.54. The largest absolute Gasteiger partial charge is 0.468 e. The summed E-state index contributed by atoms with van der Waals surface area (Å²) >= 11 is 6.13. The van der Waals surface area contributed by atoms with Gasteiger partial charge in [-0.2, -0.15) is 4.31 Å². The second-order valence-electron chi connectivity index (χ2n) is 6.34. The fourth-order valence-electron chi connectivity index (χ4n) is 2.92. The van der Waals surface area contributed by atoms with Gasteiger partial charge >= 0.3 is 0 Å². The quantitative estimate of drug-likeness (QED) is 0.730.